The van der Waals surface area contributed by atoms with Crippen LogP contribution in [0.4, 0.5) is 0 Å². The molecule has 0 amide bonds. The summed E-state index contributed by atoms with van der Waals surface area (Å²) in [5, 5.41) is 12.9. The van der Waals surface area contributed by atoms with Crippen molar-refractivity contribution in [2.45, 2.75) is 45.2 Å². The summed E-state index contributed by atoms with van der Waals surface area (Å²) in [5.41, 5.74) is 5.54. The molecule has 1 aliphatic rings. The molecule has 3 heteroatoms. The van der Waals surface area contributed by atoms with Crippen LogP contribution in [0.1, 0.15) is 34.1 Å². The van der Waals surface area contributed by atoms with Crippen LogP contribution in [0.2, 0.25) is 0 Å². The molecule has 0 spiro atoms. The van der Waals surface area contributed by atoms with Gasteiger partial charge in [-0.3, -0.25) is 0 Å². The van der Waals surface area contributed by atoms with Gasteiger partial charge < -0.3 is 5.73 Å². The van der Waals surface area contributed by atoms with E-state index in [0.29, 0.717) is 5.70 Å². The Morgan fingerprint density at radius 2 is 1.92 bits per heavy atom. The first kappa shape index (κ1) is 9.55. The molecule has 1 aliphatic heterocycles. The van der Waals surface area contributed by atoms with E-state index in [-0.39, 0.29) is 5.54 Å². The van der Waals surface area contributed by atoms with Gasteiger partial charge in [-0.25, -0.2) is 0 Å². The van der Waals surface area contributed by atoms with Crippen molar-refractivity contribution < 1.29 is 5.21 Å². The minimum atomic E-state index is -0.554. The SMILES string of the molecule is CC1(C)CC=C(N)C(C)(C)N1[O]. The van der Waals surface area contributed by atoms with Gasteiger partial charge in [0, 0.05) is 11.2 Å². The monoisotopic (exact) mass is 169 g/mol. The van der Waals surface area contributed by atoms with Crippen molar-refractivity contribution in [3.63, 3.8) is 0 Å². The van der Waals surface area contributed by atoms with Gasteiger partial charge in [0.2, 0.25) is 0 Å². The Labute approximate surface area is 73.8 Å². The molecular weight excluding hydrogens is 152 g/mol. The van der Waals surface area contributed by atoms with E-state index in [2.05, 4.69) is 0 Å². The molecule has 0 aliphatic carbocycles. The third-order valence-electron chi connectivity index (χ3n) is 2.59. The lowest BCUT2D eigenvalue weighted by Gasteiger charge is -2.45. The number of hydroxylamine groups is 2. The van der Waals surface area contributed by atoms with Crippen LogP contribution in [0, 0.1) is 0 Å². The van der Waals surface area contributed by atoms with Gasteiger partial charge >= 0.3 is 0 Å². The van der Waals surface area contributed by atoms with Crippen molar-refractivity contribution in [3.05, 3.63) is 11.8 Å². The molecule has 3 nitrogen and oxygen atoms in total. The van der Waals surface area contributed by atoms with E-state index in [9.17, 15) is 5.21 Å². The van der Waals surface area contributed by atoms with E-state index in [1.807, 2.05) is 33.8 Å². The van der Waals surface area contributed by atoms with Crippen molar-refractivity contribution in [2.24, 2.45) is 5.73 Å². The topological polar surface area (TPSA) is 49.2 Å². The average Bonchev–Trinajstić information content (AvgIpc) is 1.96. The Morgan fingerprint density at radius 3 is 2.33 bits per heavy atom. The average molecular weight is 169 g/mol. The normalized spacial score (nSPS) is 28.2. The molecule has 0 saturated carbocycles. The van der Waals surface area contributed by atoms with E-state index in [4.69, 9.17) is 5.73 Å². The molecule has 2 N–H and O–H groups in total. The Balaban J connectivity index is 3.04. The van der Waals surface area contributed by atoms with Crippen LogP contribution in [0.5, 0.6) is 0 Å². The minimum absolute atomic E-state index is 0.327. The van der Waals surface area contributed by atoms with Gasteiger partial charge in [0.15, 0.2) is 0 Å². The predicted octanol–water partition coefficient (Wildman–Crippen LogP) is 1.44. The second-order valence-corrected chi connectivity index (χ2v) is 4.53. The largest absolute Gasteiger partial charge is 0.401 e. The van der Waals surface area contributed by atoms with Crippen LogP contribution < -0.4 is 5.73 Å². The number of nitrogens with two attached hydrogens (primary N) is 1. The molecule has 1 rings (SSSR count). The van der Waals surface area contributed by atoms with Crippen molar-refractivity contribution in [1.29, 1.82) is 0 Å². The van der Waals surface area contributed by atoms with Crippen molar-refractivity contribution >= 4 is 0 Å². The lowest BCUT2D eigenvalue weighted by atomic mass is 9.85. The summed E-state index contributed by atoms with van der Waals surface area (Å²) < 4.78 is 0. The molecule has 0 aromatic carbocycles. The van der Waals surface area contributed by atoms with Gasteiger partial charge in [-0.2, -0.15) is 0 Å². The maximum atomic E-state index is 11.8. The second-order valence-electron chi connectivity index (χ2n) is 4.53. The van der Waals surface area contributed by atoms with Gasteiger partial charge in [0.05, 0.1) is 5.54 Å². The summed E-state index contributed by atoms with van der Waals surface area (Å²) in [4.78, 5) is 0. The van der Waals surface area contributed by atoms with E-state index in [0.717, 1.165) is 11.5 Å². The second kappa shape index (κ2) is 2.47. The van der Waals surface area contributed by atoms with Crippen LogP contribution >= 0.6 is 0 Å². The highest BCUT2D eigenvalue weighted by atomic mass is 16.5. The van der Waals surface area contributed by atoms with Crippen LogP contribution in [0.15, 0.2) is 11.8 Å². The Morgan fingerprint density at radius 1 is 1.42 bits per heavy atom. The smallest absolute Gasteiger partial charge is 0.0831 e. The number of hydrogen-bond donors (Lipinski definition) is 1. The standard InChI is InChI=1S/C9H17N2O/c1-8(2)6-5-7(10)9(3,4)11(8)12/h5H,6,10H2,1-4H3. The summed E-state index contributed by atoms with van der Waals surface area (Å²) in [6.07, 6.45) is 2.68. The number of rotatable bonds is 0. The van der Waals surface area contributed by atoms with E-state index in [1.165, 1.54) is 0 Å². The third kappa shape index (κ3) is 1.23. The minimum Gasteiger partial charge on any atom is -0.401 e. The van der Waals surface area contributed by atoms with Gasteiger partial charge in [0.25, 0.3) is 0 Å². The predicted molar refractivity (Wildman–Crippen MR) is 47.6 cm³/mol. The maximum Gasteiger partial charge on any atom is 0.0831 e. The Hall–Kier alpha value is -0.540. The van der Waals surface area contributed by atoms with E-state index >= 15 is 0 Å². The van der Waals surface area contributed by atoms with Crippen molar-refractivity contribution in [3.8, 4) is 0 Å². The third-order valence-corrected chi connectivity index (χ3v) is 2.59. The fourth-order valence-corrected chi connectivity index (χ4v) is 1.57. The van der Waals surface area contributed by atoms with Crippen molar-refractivity contribution in [2.75, 3.05) is 0 Å². The summed E-state index contributed by atoms with van der Waals surface area (Å²) in [5.74, 6) is 0. The maximum absolute atomic E-state index is 11.8. The fraction of sp³-hybridized carbons (Fsp3) is 0.778. The molecule has 12 heavy (non-hydrogen) atoms. The number of hydrogen-bond acceptors (Lipinski definition) is 2. The highest BCUT2D eigenvalue weighted by molar-refractivity contribution is 5.19. The molecule has 1 heterocycles. The van der Waals surface area contributed by atoms with Crippen LogP contribution in [0.3, 0.4) is 0 Å². The van der Waals surface area contributed by atoms with E-state index < -0.39 is 5.54 Å². The first-order valence-electron chi connectivity index (χ1n) is 4.22. The summed E-state index contributed by atoms with van der Waals surface area (Å²) >= 11 is 0. The summed E-state index contributed by atoms with van der Waals surface area (Å²) in [6.45, 7) is 7.58. The van der Waals surface area contributed by atoms with Gasteiger partial charge in [-0.15, -0.1) is 10.3 Å². The molecule has 1 radical (unpaired) electrons. The zero-order chi connectivity index (χ0) is 9.57. The zero-order valence-electron chi connectivity index (χ0n) is 8.22. The van der Waals surface area contributed by atoms with Gasteiger partial charge in [-0.05, 0) is 34.1 Å². The summed E-state index contributed by atoms with van der Waals surface area (Å²) in [7, 11) is 0. The molecule has 0 unspecified atom stereocenters. The first-order valence-corrected chi connectivity index (χ1v) is 4.22. The quantitative estimate of drug-likeness (QED) is 0.596. The van der Waals surface area contributed by atoms with E-state index in [1.54, 1.807) is 0 Å². The highest BCUT2D eigenvalue weighted by Gasteiger charge is 2.42. The highest BCUT2D eigenvalue weighted by Crippen LogP contribution is 2.34. The van der Waals surface area contributed by atoms with Gasteiger partial charge in [0.1, 0.15) is 0 Å². The summed E-state index contributed by atoms with van der Waals surface area (Å²) in [6, 6.07) is 0. The van der Waals surface area contributed by atoms with Crippen LogP contribution in [-0.2, 0) is 5.21 Å². The lowest BCUT2D eigenvalue weighted by Crippen LogP contribution is -2.57. The molecule has 0 aromatic heterocycles. The molecule has 69 valence electrons. The molecule has 0 atom stereocenters. The molecule has 0 saturated heterocycles. The van der Waals surface area contributed by atoms with Crippen LogP contribution in [0.25, 0.3) is 0 Å². The molecular formula is C9H17N2O. The van der Waals surface area contributed by atoms with Gasteiger partial charge in [-0.1, -0.05) is 6.08 Å². The number of nitrogens with zero attached hydrogens (tertiary/aromatic N) is 1. The van der Waals surface area contributed by atoms with Crippen LogP contribution in [-0.4, -0.2) is 16.1 Å². The molecule has 0 bridgehead atoms. The Kier molecular flexibility index (Phi) is 1.97. The molecule has 0 aromatic rings. The Bertz CT molecular complexity index is 219. The van der Waals surface area contributed by atoms with Crippen molar-refractivity contribution in [1.82, 2.24) is 5.06 Å². The molecule has 0 fully saturated rings. The lowest BCUT2D eigenvalue weighted by molar-refractivity contribution is -0.265. The fourth-order valence-electron chi connectivity index (χ4n) is 1.57. The zero-order valence-corrected chi connectivity index (χ0v) is 8.22. The first-order chi connectivity index (χ1) is 5.28.